The summed E-state index contributed by atoms with van der Waals surface area (Å²) in [5.41, 5.74) is 1.20. The Morgan fingerprint density at radius 3 is 2.26 bits per heavy atom. The smallest absolute Gasteiger partial charge is 0.244 e. The Morgan fingerprint density at radius 1 is 1.06 bits per heavy atom. The molecule has 2 amide bonds. The van der Waals surface area contributed by atoms with Crippen molar-refractivity contribution in [3.8, 4) is 0 Å². The Balaban J connectivity index is 1.85. The summed E-state index contributed by atoms with van der Waals surface area (Å²) < 4.78 is 39.4. The van der Waals surface area contributed by atoms with Crippen LogP contribution in [0.3, 0.4) is 0 Å². The van der Waals surface area contributed by atoms with Crippen molar-refractivity contribution >= 4 is 27.5 Å². The van der Waals surface area contributed by atoms with Crippen molar-refractivity contribution in [3.63, 3.8) is 0 Å². The number of amides is 2. The highest BCUT2D eigenvalue weighted by Gasteiger charge is 2.32. The molecule has 7 nitrogen and oxygen atoms in total. The van der Waals surface area contributed by atoms with Crippen LogP contribution in [0.4, 0.5) is 10.1 Å². The van der Waals surface area contributed by atoms with Crippen molar-refractivity contribution in [2.24, 2.45) is 0 Å². The third-order valence-corrected chi connectivity index (χ3v) is 7.51. The van der Waals surface area contributed by atoms with Crippen molar-refractivity contribution < 1.29 is 22.4 Å². The van der Waals surface area contributed by atoms with E-state index in [1.807, 2.05) is 37.3 Å². The minimum absolute atomic E-state index is 0.106. The molecule has 0 saturated heterocycles. The lowest BCUT2D eigenvalue weighted by Crippen LogP contribution is -2.54. The van der Waals surface area contributed by atoms with Gasteiger partial charge in [-0.1, -0.05) is 50.1 Å². The third kappa shape index (κ3) is 7.52. The van der Waals surface area contributed by atoms with Crippen LogP contribution in [0.1, 0.15) is 44.6 Å². The lowest BCUT2D eigenvalue weighted by molar-refractivity contribution is -0.139. The number of carbonyl (C=O) groups excluding carboxylic acids is 2. The fourth-order valence-corrected chi connectivity index (χ4v) is 5.33. The zero-order valence-electron chi connectivity index (χ0n) is 20.3. The Hall–Kier alpha value is -2.94. The minimum atomic E-state index is -3.83. The Bertz CT molecular complexity index is 1090. The summed E-state index contributed by atoms with van der Waals surface area (Å²) in [6, 6.07) is 13.9. The second-order valence-electron chi connectivity index (χ2n) is 8.98. The second kappa shape index (κ2) is 12.2. The molecule has 1 fully saturated rings. The number of rotatable bonds is 11. The van der Waals surface area contributed by atoms with Gasteiger partial charge in [-0.05, 0) is 55.5 Å². The van der Waals surface area contributed by atoms with Gasteiger partial charge in [0.15, 0.2) is 0 Å². The fraction of sp³-hybridized carbons (Fsp3) is 0.462. The molecule has 0 aromatic heterocycles. The molecule has 2 aromatic carbocycles. The Morgan fingerprint density at radius 2 is 1.69 bits per heavy atom. The van der Waals surface area contributed by atoms with E-state index < -0.39 is 34.3 Å². The van der Waals surface area contributed by atoms with Gasteiger partial charge in [0.1, 0.15) is 18.4 Å². The number of sulfonamides is 1. The normalized spacial score (nSPS) is 14.9. The van der Waals surface area contributed by atoms with Gasteiger partial charge in [0.2, 0.25) is 21.8 Å². The molecule has 0 spiro atoms. The second-order valence-corrected chi connectivity index (χ2v) is 10.9. The standard InChI is InChI=1S/C26H34FN3O4S/c1-3-24(26(32)28-22-11-7-8-12-22)29(18-17-20-9-5-4-6-10-20)25(31)19-30(35(2,33)34)23-15-13-21(27)14-16-23/h4-6,9-10,13-16,22,24H,3,7-8,11-12,17-19H2,1-2H3,(H,28,32)/t24-/m1/s1. The van der Waals surface area contributed by atoms with Gasteiger partial charge in [0.25, 0.3) is 0 Å². The lowest BCUT2D eigenvalue weighted by Gasteiger charge is -2.33. The molecule has 35 heavy (non-hydrogen) atoms. The Labute approximate surface area is 207 Å². The largest absolute Gasteiger partial charge is 0.352 e. The summed E-state index contributed by atoms with van der Waals surface area (Å²) in [4.78, 5) is 28.3. The van der Waals surface area contributed by atoms with Crippen LogP contribution in [0.25, 0.3) is 0 Å². The van der Waals surface area contributed by atoms with Gasteiger partial charge in [0, 0.05) is 12.6 Å². The summed E-state index contributed by atoms with van der Waals surface area (Å²) in [5, 5.41) is 3.08. The maximum atomic E-state index is 13.6. The number of benzene rings is 2. The molecule has 3 rings (SSSR count). The van der Waals surface area contributed by atoms with Crippen LogP contribution in [-0.2, 0) is 26.0 Å². The number of anilines is 1. The molecule has 1 saturated carbocycles. The molecule has 0 radical (unpaired) electrons. The molecule has 190 valence electrons. The molecule has 1 aliphatic carbocycles. The third-order valence-electron chi connectivity index (χ3n) is 6.37. The first kappa shape index (κ1) is 26.7. The first-order valence-corrected chi connectivity index (χ1v) is 13.9. The van der Waals surface area contributed by atoms with Gasteiger partial charge in [-0.15, -0.1) is 0 Å². The number of carbonyl (C=O) groups is 2. The van der Waals surface area contributed by atoms with E-state index in [-0.39, 0.29) is 24.2 Å². The van der Waals surface area contributed by atoms with Gasteiger partial charge < -0.3 is 10.2 Å². The number of hydrogen-bond acceptors (Lipinski definition) is 4. The number of nitrogens with one attached hydrogen (secondary N) is 1. The van der Waals surface area contributed by atoms with Crippen LogP contribution in [0, 0.1) is 5.82 Å². The molecular weight excluding hydrogens is 469 g/mol. The first-order chi connectivity index (χ1) is 16.7. The molecule has 0 aliphatic heterocycles. The van der Waals surface area contributed by atoms with E-state index in [9.17, 15) is 22.4 Å². The van der Waals surface area contributed by atoms with Crippen LogP contribution < -0.4 is 9.62 Å². The molecule has 0 bridgehead atoms. The highest BCUT2D eigenvalue weighted by molar-refractivity contribution is 7.92. The molecule has 0 unspecified atom stereocenters. The predicted octanol–water partition coefficient (Wildman–Crippen LogP) is 3.50. The fourth-order valence-electron chi connectivity index (χ4n) is 4.48. The van der Waals surface area contributed by atoms with E-state index in [0.717, 1.165) is 53.9 Å². The molecule has 1 atom stereocenters. The van der Waals surface area contributed by atoms with Gasteiger partial charge in [-0.3, -0.25) is 13.9 Å². The molecule has 1 aliphatic rings. The van der Waals surface area contributed by atoms with E-state index in [2.05, 4.69) is 5.32 Å². The number of halogens is 1. The van der Waals surface area contributed by atoms with E-state index in [0.29, 0.717) is 12.8 Å². The van der Waals surface area contributed by atoms with E-state index in [1.54, 1.807) is 0 Å². The maximum absolute atomic E-state index is 13.6. The van der Waals surface area contributed by atoms with Gasteiger partial charge in [-0.25, -0.2) is 12.8 Å². The number of hydrogen-bond donors (Lipinski definition) is 1. The molecule has 9 heteroatoms. The van der Waals surface area contributed by atoms with Crippen molar-refractivity contribution in [2.45, 2.75) is 57.5 Å². The summed E-state index contributed by atoms with van der Waals surface area (Å²) >= 11 is 0. The summed E-state index contributed by atoms with van der Waals surface area (Å²) in [6.45, 7) is 1.63. The zero-order valence-corrected chi connectivity index (χ0v) is 21.1. The van der Waals surface area contributed by atoms with E-state index in [4.69, 9.17) is 0 Å². The highest BCUT2D eigenvalue weighted by atomic mass is 32.2. The average Bonchev–Trinajstić information content (AvgIpc) is 3.33. The monoisotopic (exact) mass is 503 g/mol. The molecule has 0 heterocycles. The van der Waals surface area contributed by atoms with Crippen LogP contribution in [-0.4, -0.2) is 56.6 Å². The van der Waals surface area contributed by atoms with Crippen LogP contribution in [0.5, 0.6) is 0 Å². The number of nitrogens with zero attached hydrogens (tertiary/aromatic N) is 2. The zero-order chi connectivity index (χ0) is 25.4. The molecular formula is C26H34FN3O4S. The molecule has 1 N–H and O–H groups in total. The van der Waals surface area contributed by atoms with Crippen LogP contribution in [0.2, 0.25) is 0 Å². The summed E-state index contributed by atoms with van der Waals surface area (Å²) in [6.07, 6.45) is 5.91. The lowest BCUT2D eigenvalue weighted by atomic mass is 10.1. The van der Waals surface area contributed by atoms with E-state index >= 15 is 0 Å². The summed E-state index contributed by atoms with van der Waals surface area (Å²) in [5.74, 6) is -1.20. The molecule has 2 aromatic rings. The first-order valence-electron chi connectivity index (χ1n) is 12.1. The van der Waals surface area contributed by atoms with Gasteiger partial charge >= 0.3 is 0 Å². The van der Waals surface area contributed by atoms with Crippen molar-refractivity contribution in [1.82, 2.24) is 10.2 Å². The average molecular weight is 504 g/mol. The Kier molecular flexibility index (Phi) is 9.26. The van der Waals surface area contributed by atoms with Crippen LogP contribution in [0.15, 0.2) is 54.6 Å². The predicted molar refractivity (Wildman–Crippen MR) is 135 cm³/mol. The highest BCUT2D eigenvalue weighted by Crippen LogP contribution is 2.21. The topological polar surface area (TPSA) is 86.8 Å². The van der Waals surface area contributed by atoms with Crippen molar-refractivity contribution in [2.75, 3.05) is 23.7 Å². The maximum Gasteiger partial charge on any atom is 0.244 e. The quantitative estimate of drug-likeness (QED) is 0.509. The van der Waals surface area contributed by atoms with Crippen molar-refractivity contribution in [3.05, 3.63) is 66.0 Å². The van der Waals surface area contributed by atoms with E-state index in [1.165, 1.54) is 17.0 Å². The minimum Gasteiger partial charge on any atom is -0.352 e. The SMILES string of the molecule is CC[C@H](C(=O)NC1CCCC1)N(CCc1ccccc1)C(=O)CN(c1ccc(F)cc1)S(C)(=O)=O. The summed E-state index contributed by atoms with van der Waals surface area (Å²) in [7, 11) is -3.83. The van der Waals surface area contributed by atoms with Gasteiger partial charge in [0.05, 0.1) is 11.9 Å². The van der Waals surface area contributed by atoms with Crippen molar-refractivity contribution in [1.29, 1.82) is 0 Å². The van der Waals surface area contributed by atoms with Gasteiger partial charge in [-0.2, -0.15) is 0 Å². The van der Waals surface area contributed by atoms with Crippen LogP contribution >= 0.6 is 0 Å².